The predicted octanol–water partition coefficient (Wildman–Crippen LogP) is -0.677. The Morgan fingerprint density at radius 1 is 1.56 bits per heavy atom. The van der Waals surface area contributed by atoms with E-state index in [2.05, 4.69) is 0 Å². The summed E-state index contributed by atoms with van der Waals surface area (Å²) in [5, 5.41) is 15.9. The lowest BCUT2D eigenvalue weighted by atomic mass is 10.7. The number of hydrogen-bond acceptors (Lipinski definition) is 4. The van der Waals surface area contributed by atoms with Gasteiger partial charge >= 0.3 is 6.03 Å². The van der Waals surface area contributed by atoms with Crippen molar-refractivity contribution < 1.29 is 20.0 Å². The van der Waals surface area contributed by atoms with Crippen LogP contribution >= 0.6 is 0 Å². The molecule has 6 heteroatoms. The van der Waals surface area contributed by atoms with Crippen LogP contribution in [0, 0.1) is 0 Å². The predicted molar refractivity (Wildman–Crippen MR) is 24.6 cm³/mol. The van der Waals surface area contributed by atoms with Gasteiger partial charge in [0, 0.05) is 6.92 Å². The largest absolute Gasteiger partial charge is 0.372 e. The Labute approximate surface area is 50.6 Å². The molecule has 0 atom stereocenters. The summed E-state index contributed by atoms with van der Waals surface area (Å²) in [4.78, 5) is 20.1. The van der Waals surface area contributed by atoms with Crippen LogP contribution < -0.4 is 5.48 Å². The van der Waals surface area contributed by atoms with Crippen LogP contribution in [0.3, 0.4) is 0 Å². The van der Waals surface area contributed by atoms with Gasteiger partial charge in [-0.25, -0.2) is 10.3 Å². The first-order valence-corrected chi connectivity index (χ1v) is 2.03. The number of nitrogens with zero attached hydrogens (tertiary/aromatic N) is 1. The second-order valence-electron chi connectivity index (χ2n) is 1.25. The number of carbonyl (C=O) groups is 2. The molecular formula is C3H6N2O4. The number of urea groups is 1. The van der Waals surface area contributed by atoms with E-state index in [0.29, 0.717) is 0 Å². The van der Waals surface area contributed by atoms with Crippen molar-refractivity contribution in [2.45, 2.75) is 6.92 Å². The lowest BCUT2D eigenvalue weighted by molar-refractivity contribution is -0.151. The molecule has 0 saturated heterocycles. The SMILES string of the molecule is CC(=O)N(O)C(=O)NO. The number of rotatable bonds is 0. The molecule has 0 heterocycles. The number of imide groups is 1. The Hall–Kier alpha value is -1.14. The number of amides is 3. The fraction of sp³-hybridized carbons (Fsp3) is 0.333. The van der Waals surface area contributed by atoms with Crippen molar-refractivity contribution >= 4 is 11.9 Å². The minimum Gasteiger partial charge on any atom is -0.287 e. The molecule has 0 fully saturated rings. The fourth-order valence-corrected chi connectivity index (χ4v) is 0.190. The molecule has 0 bridgehead atoms. The fourth-order valence-electron chi connectivity index (χ4n) is 0.190. The molecule has 52 valence electrons. The summed E-state index contributed by atoms with van der Waals surface area (Å²) < 4.78 is 0. The van der Waals surface area contributed by atoms with Crippen LogP contribution in [0.15, 0.2) is 0 Å². The lowest BCUT2D eigenvalue weighted by Gasteiger charge is -2.06. The minimum absolute atomic E-state index is 0.250. The monoisotopic (exact) mass is 134 g/mol. The number of nitrogens with one attached hydrogen (secondary N) is 1. The third-order valence-corrected chi connectivity index (χ3v) is 0.586. The van der Waals surface area contributed by atoms with E-state index >= 15 is 0 Å². The van der Waals surface area contributed by atoms with Gasteiger partial charge in [0.2, 0.25) is 0 Å². The van der Waals surface area contributed by atoms with Gasteiger partial charge in [0.15, 0.2) is 0 Å². The Kier molecular flexibility index (Phi) is 2.62. The zero-order chi connectivity index (χ0) is 7.44. The molecule has 3 amide bonds. The van der Waals surface area contributed by atoms with E-state index in [1.807, 2.05) is 0 Å². The first kappa shape index (κ1) is 7.86. The van der Waals surface area contributed by atoms with Gasteiger partial charge in [0.1, 0.15) is 0 Å². The molecule has 0 saturated carbocycles. The van der Waals surface area contributed by atoms with Gasteiger partial charge in [-0.05, 0) is 0 Å². The van der Waals surface area contributed by atoms with E-state index < -0.39 is 11.9 Å². The van der Waals surface area contributed by atoms with E-state index in [-0.39, 0.29) is 5.06 Å². The van der Waals surface area contributed by atoms with E-state index in [9.17, 15) is 9.59 Å². The standard InChI is InChI=1S/C3H6N2O4/c1-2(6)5(9)3(7)4-8/h8-9H,1H3,(H,4,7). The summed E-state index contributed by atoms with van der Waals surface area (Å²) in [6, 6.07) is -1.28. The van der Waals surface area contributed by atoms with Crippen LogP contribution in [0.5, 0.6) is 0 Å². The van der Waals surface area contributed by atoms with E-state index in [1.54, 1.807) is 0 Å². The van der Waals surface area contributed by atoms with Gasteiger partial charge in [-0.15, -0.1) is 5.06 Å². The van der Waals surface area contributed by atoms with Crippen molar-refractivity contribution in [3.05, 3.63) is 0 Å². The van der Waals surface area contributed by atoms with Gasteiger partial charge in [0.05, 0.1) is 0 Å². The molecule has 0 aromatic heterocycles. The third kappa shape index (κ3) is 2.06. The smallest absolute Gasteiger partial charge is 0.287 e. The van der Waals surface area contributed by atoms with Gasteiger partial charge in [-0.1, -0.05) is 0 Å². The highest BCUT2D eigenvalue weighted by Gasteiger charge is 2.12. The van der Waals surface area contributed by atoms with Gasteiger partial charge < -0.3 is 0 Å². The van der Waals surface area contributed by atoms with E-state index in [4.69, 9.17) is 10.4 Å². The van der Waals surface area contributed by atoms with E-state index in [0.717, 1.165) is 12.4 Å². The summed E-state index contributed by atoms with van der Waals surface area (Å²) in [5.41, 5.74) is 1.06. The van der Waals surface area contributed by atoms with Gasteiger partial charge in [0.25, 0.3) is 5.91 Å². The van der Waals surface area contributed by atoms with Crippen LogP contribution in [-0.2, 0) is 4.79 Å². The summed E-state index contributed by atoms with van der Waals surface area (Å²) in [7, 11) is 0. The Balaban J connectivity index is 3.88. The van der Waals surface area contributed by atoms with Gasteiger partial charge in [-0.3, -0.25) is 15.2 Å². The summed E-state index contributed by atoms with van der Waals surface area (Å²) in [6.45, 7) is 0.967. The molecule has 0 spiro atoms. The van der Waals surface area contributed by atoms with Crippen molar-refractivity contribution in [2.75, 3.05) is 0 Å². The topological polar surface area (TPSA) is 89.9 Å². The number of carbonyl (C=O) groups excluding carboxylic acids is 2. The normalized spacial score (nSPS) is 8.33. The molecule has 0 aliphatic rings. The molecule has 0 radical (unpaired) electrons. The maximum Gasteiger partial charge on any atom is 0.372 e. The molecule has 0 rings (SSSR count). The first-order chi connectivity index (χ1) is 4.09. The van der Waals surface area contributed by atoms with E-state index in [1.165, 1.54) is 0 Å². The third-order valence-electron chi connectivity index (χ3n) is 0.586. The molecule has 3 N–H and O–H groups in total. The molecule has 0 aromatic rings. The highest BCUT2D eigenvalue weighted by Crippen LogP contribution is 1.81. The molecule has 0 aliphatic heterocycles. The first-order valence-electron chi connectivity index (χ1n) is 2.03. The number of hydroxylamine groups is 3. The van der Waals surface area contributed by atoms with Crippen LogP contribution in [0.1, 0.15) is 6.92 Å². The maximum atomic E-state index is 10.0. The van der Waals surface area contributed by atoms with Gasteiger partial charge in [-0.2, -0.15) is 0 Å². The minimum atomic E-state index is -1.28. The second kappa shape index (κ2) is 3.00. The second-order valence-corrected chi connectivity index (χ2v) is 1.25. The quantitative estimate of drug-likeness (QED) is 0.302. The van der Waals surface area contributed by atoms with Crippen LogP contribution in [0.2, 0.25) is 0 Å². The van der Waals surface area contributed by atoms with Crippen LogP contribution in [0.25, 0.3) is 0 Å². The van der Waals surface area contributed by atoms with Crippen molar-refractivity contribution in [3.63, 3.8) is 0 Å². The highest BCUT2D eigenvalue weighted by molar-refractivity contribution is 5.90. The average Bonchev–Trinajstić information content (AvgIpc) is 1.84. The Bertz CT molecular complexity index is 134. The zero-order valence-corrected chi connectivity index (χ0v) is 4.66. The van der Waals surface area contributed by atoms with Crippen molar-refractivity contribution in [2.24, 2.45) is 0 Å². The molecular weight excluding hydrogens is 128 g/mol. The molecule has 0 aromatic carbocycles. The molecule has 0 unspecified atom stereocenters. The Morgan fingerprint density at radius 2 is 2.00 bits per heavy atom. The zero-order valence-electron chi connectivity index (χ0n) is 4.66. The molecule has 6 nitrogen and oxygen atoms in total. The van der Waals surface area contributed by atoms with Crippen molar-refractivity contribution in [1.29, 1.82) is 0 Å². The highest BCUT2D eigenvalue weighted by atomic mass is 16.6. The summed E-state index contributed by atoms with van der Waals surface area (Å²) >= 11 is 0. The Morgan fingerprint density at radius 3 is 2.11 bits per heavy atom. The average molecular weight is 134 g/mol. The van der Waals surface area contributed by atoms with Crippen molar-refractivity contribution in [3.8, 4) is 0 Å². The molecule has 0 aliphatic carbocycles. The lowest BCUT2D eigenvalue weighted by Crippen LogP contribution is -2.38. The maximum absolute atomic E-state index is 10.0. The molecule has 9 heavy (non-hydrogen) atoms. The van der Waals surface area contributed by atoms with Crippen LogP contribution in [0.4, 0.5) is 4.79 Å². The summed E-state index contributed by atoms with van der Waals surface area (Å²) in [5.74, 6) is -0.874. The van der Waals surface area contributed by atoms with Crippen LogP contribution in [-0.4, -0.2) is 27.4 Å². The summed E-state index contributed by atoms with van der Waals surface area (Å²) in [6.07, 6.45) is 0. The number of hydrogen-bond donors (Lipinski definition) is 3. The van der Waals surface area contributed by atoms with Crippen molar-refractivity contribution in [1.82, 2.24) is 10.5 Å².